The Hall–Kier alpha value is -2.47. The summed E-state index contributed by atoms with van der Waals surface area (Å²) in [4.78, 5) is 17.1. The molecule has 5 nitrogen and oxygen atoms in total. The van der Waals surface area contributed by atoms with Crippen LogP contribution in [0.5, 0.6) is 0 Å². The number of aromatic nitrogens is 3. The van der Waals surface area contributed by atoms with Crippen LogP contribution in [0, 0.1) is 0 Å². The fraction of sp³-hybridized carbons (Fsp3) is 0.300. The fourth-order valence-corrected chi connectivity index (χ4v) is 3.41. The van der Waals surface area contributed by atoms with Crippen LogP contribution in [-0.4, -0.2) is 38.6 Å². The van der Waals surface area contributed by atoms with Gasteiger partial charge in [0.25, 0.3) is 0 Å². The Bertz CT molecular complexity index is 798. The Morgan fingerprint density at radius 1 is 1.15 bits per heavy atom. The molecule has 1 N–H and O–H groups in total. The number of hydrogen-bond acceptors (Lipinski definition) is 3. The maximum Gasteiger partial charge on any atom is 0.243 e. The van der Waals surface area contributed by atoms with E-state index in [-0.39, 0.29) is 11.9 Å². The van der Waals surface area contributed by atoms with Crippen LogP contribution in [0.3, 0.4) is 0 Å². The first-order valence-corrected chi connectivity index (χ1v) is 10.1. The van der Waals surface area contributed by atoms with Gasteiger partial charge in [0.05, 0.1) is 0 Å². The molecule has 3 aromatic rings. The van der Waals surface area contributed by atoms with Crippen LogP contribution in [0.15, 0.2) is 67.3 Å². The van der Waals surface area contributed by atoms with Crippen LogP contribution in [-0.2, 0) is 11.3 Å². The van der Waals surface area contributed by atoms with Crippen molar-refractivity contribution in [2.75, 3.05) is 18.6 Å². The van der Waals surface area contributed by atoms with Crippen molar-refractivity contribution in [1.82, 2.24) is 19.4 Å². The summed E-state index contributed by atoms with van der Waals surface area (Å²) in [6.45, 7) is 1.27. The number of nitrogens with one attached hydrogen (secondary N) is 1. The molecule has 2 heterocycles. The molecule has 1 aromatic carbocycles. The Morgan fingerprint density at radius 2 is 1.92 bits per heavy atom. The summed E-state index contributed by atoms with van der Waals surface area (Å²) in [6.07, 6.45) is 10.5. The lowest BCUT2D eigenvalue weighted by atomic mass is 10.2. The van der Waals surface area contributed by atoms with E-state index in [1.807, 2.05) is 65.6 Å². The van der Waals surface area contributed by atoms with Crippen molar-refractivity contribution in [2.45, 2.75) is 19.0 Å². The fourth-order valence-electron chi connectivity index (χ4n) is 2.96. The maximum atomic E-state index is 12.7. The summed E-state index contributed by atoms with van der Waals surface area (Å²) in [5.74, 6) is 1.94. The molecular weight excluding hydrogens is 344 g/mol. The minimum atomic E-state index is -0.158. The molecular formula is C20H24N4OS. The van der Waals surface area contributed by atoms with Gasteiger partial charge in [0.2, 0.25) is 5.91 Å². The second kappa shape index (κ2) is 9.29. The summed E-state index contributed by atoms with van der Waals surface area (Å²) in [5.41, 5.74) is 1.08. The standard InChI is InChI=1S/C20H24N4OS/c1-26-16-9-18(23-12-5-6-13-23)20(25)22-11-15-24-14-10-21-19(24)17-7-3-2-4-8-17/h2-8,10,12-14,18H,9,11,15-16H2,1H3,(H,22,25)/t18-/m1/s1. The van der Waals surface area contributed by atoms with Crippen molar-refractivity contribution in [3.8, 4) is 11.4 Å². The highest BCUT2D eigenvalue weighted by Gasteiger charge is 2.18. The molecule has 0 unspecified atom stereocenters. The summed E-state index contributed by atoms with van der Waals surface area (Å²) >= 11 is 1.76. The van der Waals surface area contributed by atoms with E-state index < -0.39 is 0 Å². The molecule has 2 aromatic heterocycles. The minimum absolute atomic E-state index is 0.0663. The second-order valence-electron chi connectivity index (χ2n) is 6.03. The van der Waals surface area contributed by atoms with Crippen molar-refractivity contribution in [1.29, 1.82) is 0 Å². The van der Waals surface area contributed by atoms with Crippen molar-refractivity contribution >= 4 is 17.7 Å². The van der Waals surface area contributed by atoms with Crippen LogP contribution < -0.4 is 5.32 Å². The van der Waals surface area contributed by atoms with Crippen LogP contribution in [0.4, 0.5) is 0 Å². The molecule has 0 aliphatic heterocycles. The van der Waals surface area contributed by atoms with Gasteiger partial charge in [-0.3, -0.25) is 4.79 Å². The highest BCUT2D eigenvalue weighted by molar-refractivity contribution is 7.98. The van der Waals surface area contributed by atoms with Gasteiger partial charge in [0, 0.05) is 43.4 Å². The molecule has 0 saturated heterocycles. The molecule has 1 amide bonds. The lowest BCUT2D eigenvalue weighted by Gasteiger charge is -2.18. The number of carbonyl (C=O) groups excluding carboxylic acids is 1. The van der Waals surface area contributed by atoms with E-state index in [9.17, 15) is 4.79 Å². The number of imidazole rings is 1. The first-order valence-electron chi connectivity index (χ1n) is 8.75. The molecule has 0 aliphatic carbocycles. The molecule has 0 spiro atoms. The zero-order valence-corrected chi connectivity index (χ0v) is 15.7. The van der Waals surface area contributed by atoms with Crippen molar-refractivity contribution in [2.24, 2.45) is 0 Å². The molecule has 0 radical (unpaired) electrons. The number of thioether (sulfide) groups is 1. The highest BCUT2D eigenvalue weighted by atomic mass is 32.2. The van der Waals surface area contributed by atoms with Crippen LogP contribution in [0.1, 0.15) is 12.5 Å². The molecule has 0 saturated carbocycles. The zero-order chi connectivity index (χ0) is 18.2. The van der Waals surface area contributed by atoms with Gasteiger partial charge in [-0.15, -0.1) is 0 Å². The molecule has 1 atom stereocenters. The average Bonchev–Trinajstić information content (AvgIpc) is 3.35. The van der Waals surface area contributed by atoms with Crippen molar-refractivity contribution in [3.05, 3.63) is 67.3 Å². The summed E-state index contributed by atoms with van der Waals surface area (Å²) in [7, 11) is 0. The molecule has 3 rings (SSSR count). The minimum Gasteiger partial charge on any atom is -0.353 e. The topological polar surface area (TPSA) is 51.9 Å². The van der Waals surface area contributed by atoms with Gasteiger partial charge in [0.15, 0.2) is 0 Å². The molecule has 0 aliphatic rings. The molecule has 136 valence electrons. The smallest absolute Gasteiger partial charge is 0.243 e. The molecule has 0 fully saturated rings. The van der Waals surface area contributed by atoms with E-state index in [1.165, 1.54) is 0 Å². The second-order valence-corrected chi connectivity index (χ2v) is 7.01. The number of hydrogen-bond donors (Lipinski definition) is 1. The van der Waals surface area contributed by atoms with E-state index in [0.29, 0.717) is 13.1 Å². The lowest BCUT2D eigenvalue weighted by molar-refractivity contribution is -0.124. The number of nitrogens with zero attached hydrogens (tertiary/aromatic N) is 3. The van der Waals surface area contributed by atoms with Crippen LogP contribution in [0.2, 0.25) is 0 Å². The third kappa shape index (κ3) is 4.58. The third-order valence-electron chi connectivity index (χ3n) is 4.28. The number of rotatable bonds is 9. The predicted octanol–water partition coefficient (Wildman–Crippen LogP) is 3.46. The normalized spacial score (nSPS) is 12.0. The van der Waals surface area contributed by atoms with Crippen molar-refractivity contribution < 1.29 is 4.79 Å². The average molecular weight is 369 g/mol. The molecule has 6 heteroatoms. The Morgan fingerprint density at radius 3 is 2.65 bits per heavy atom. The Kier molecular flexibility index (Phi) is 6.55. The van der Waals surface area contributed by atoms with Gasteiger partial charge < -0.3 is 14.5 Å². The zero-order valence-electron chi connectivity index (χ0n) is 14.9. The first kappa shape index (κ1) is 18.3. The third-order valence-corrected chi connectivity index (χ3v) is 4.93. The largest absolute Gasteiger partial charge is 0.353 e. The van der Waals surface area contributed by atoms with Crippen LogP contribution >= 0.6 is 11.8 Å². The van der Waals surface area contributed by atoms with E-state index >= 15 is 0 Å². The van der Waals surface area contributed by atoms with Gasteiger partial charge in [0.1, 0.15) is 11.9 Å². The lowest BCUT2D eigenvalue weighted by Crippen LogP contribution is -2.34. The van der Waals surface area contributed by atoms with Gasteiger partial charge in [-0.2, -0.15) is 11.8 Å². The van der Waals surface area contributed by atoms with Crippen LogP contribution in [0.25, 0.3) is 11.4 Å². The monoisotopic (exact) mass is 368 g/mol. The molecule has 0 bridgehead atoms. The predicted molar refractivity (Wildman–Crippen MR) is 107 cm³/mol. The SMILES string of the molecule is CSCC[C@H](C(=O)NCCn1ccnc1-c1ccccc1)n1cccc1. The number of carbonyl (C=O) groups is 1. The van der Waals surface area contributed by atoms with Gasteiger partial charge >= 0.3 is 0 Å². The summed E-state index contributed by atoms with van der Waals surface area (Å²) in [6, 6.07) is 13.8. The van der Waals surface area contributed by atoms with Gasteiger partial charge in [-0.1, -0.05) is 30.3 Å². The first-order chi connectivity index (χ1) is 12.8. The summed E-state index contributed by atoms with van der Waals surface area (Å²) < 4.78 is 4.06. The van der Waals surface area contributed by atoms with Gasteiger partial charge in [-0.25, -0.2) is 4.98 Å². The van der Waals surface area contributed by atoms with E-state index in [4.69, 9.17) is 0 Å². The maximum absolute atomic E-state index is 12.7. The molecule has 26 heavy (non-hydrogen) atoms. The Balaban J connectivity index is 1.59. The highest BCUT2D eigenvalue weighted by Crippen LogP contribution is 2.17. The van der Waals surface area contributed by atoms with E-state index in [2.05, 4.69) is 21.1 Å². The van der Waals surface area contributed by atoms with E-state index in [1.54, 1.807) is 18.0 Å². The quantitative estimate of drug-likeness (QED) is 0.629. The van der Waals surface area contributed by atoms with Crippen molar-refractivity contribution in [3.63, 3.8) is 0 Å². The summed E-state index contributed by atoms with van der Waals surface area (Å²) in [5, 5.41) is 3.08. The number of benzene rings is 1. The number of amides is 1. The van der Waals surface area contributed by atoms with Gasteiger partial charge in [-0.05, 0) is 30.6 Å². The van der Waals surface area contributed by atoms with E-state index in [0.717, 1.165) is 23.6 Å². The Labute approximate surface area is 158 Å².